The Bertz CT molecular complexity index is 397. The van der Waals surface area contributed by atoms with Crippen LogP contribution < -0.4 is 0 Å². The van der Waals surface area contributed by atoms with Gasteiger partial charge < -0.3 is 4.74 Å². The standard InChI is InChI=1S/C12H14N2O2/c1-3-16-12(15)9-10(2)13-14-11-7-5-4-6-8-11/h4-9H,3H2,1-2H3. The van der Waals surface area contributed by atoms with E-state index in [1.165, 1.54) is 6.08 Å². The minimum absolute atomic E-state index is 0.360. The maximum Gasteiger partial charge on any atom is 0.332 e. The SMILES string of the molecule is CCOC(=O)C=C(C)N=Nc1ccccc1. The monoisotopic (exact) mass is 218 g/mol. The number of nitrogens with zero attached hydrogens (tertiary/aromatic N) is 2. The van der Waals surface area contributed by atoms with Gasteiger partial charge in [0.2, 0.25) is 0 Å². The van der Waals surface area contributed by atoms with Gasteiger partial charge in [-0.05, 0) is 26.0 Å². The highest BCUT2D eigenvalue weighted by atomic mass is 16.5. The van der Waals surface area contributed by atoms with Crippen LogP contribution in [0.4, 0.5) is 5.69 Å². The van der Waals surface area contributed by atoms with Crippen LogP contribution >= 0.6 is 0 Å². The van der Waals surface area contributed by atoms with Crippen molar-refractivity contribution in [2.75, 3.05) is 6.61 Å². The third-order valence-electron chi connectivity index (χ3n) is 1.69. The molecule has 1 rings (SSSR count). The summed E-state index contributed by atoms with van der Waals surface area (Å²) in [5.41, 5.74) is 1.27. The van der Waals surface area contributed by atoms with Crippen molar-refractivity contribution in [1.29, 1.82) is 0 Å². The van der Waals surface area contributed by atoms with Crippen molar-refractivity contribution in [3.8, 4) is 0 Å². The number of hydrogen-bond donors (Lipinski definition) is 0. The molecule has 0 amide bonds. The molecule has 0 aliphatic heterocycles. The molecule has 0 atom stereocenters. The van der Waals surface area contributed by atoms with Crippen LogP contribution in [0.2, 0.25) is 0 Å². The molecule has 0 heterocycles. The lowest BCUT2D eigenvalue weighted by Gasteiger charge is -1.95. The molecule has 4 nitrogen and oxygen atoms in total. The average molecular weight is 218 g/mol. The number of azo groups is 1. The van der Waals surface area contributed by atoms with Crippen LogP contribution in [0.25, 0.3) is 0 Å². The minimum Gasteiger partial charge on any atom is -0.463 e. The van der Waals surface area contributed by atoms with Crippen LogP contribution in [-0.4, -0.2) is 12.6 Å². The van der Waals surface area contributed by atoms with Crippen LogP contribution in [-0.2, 0) is 9.53 Å². The number of rotatable bonds is 4. The second-order valence-corrected chi connectivity index (χ2v) is 3.07. The third-order valence-corrected chi connectivity index (χ3v) is 1.69. The van der Waals surface area contributed by atoms with Gasteiger partial charge in [-0.1, -0.05) is 18.2 Å². The first-order chi connectivity index (χ1) is 7.72. The van der Waals surface area contributed by atoms with Gasteiger partial charge in [-0.2, -0.15) is 10.2 Å². The highest BCUT2D eigenvalue weighted by Crippen LogP contribution is 2.11. The van der Waals surface area contributed by atoms with Crippen molar-refractivity contribution in [3.05, 3.63) is 42.1 Å². The van der Waals surface area contributed by atoms with Gasteiger partial charge in [-0.25, -0.2) is 4.79 Å². The second-order valence-electron chi connectivity index (χ2n) is 3.07. The summed E-state index contributed by atoms with van der Waals surface area (Å²) in [5, 5.41) is 7.87. The molecule has 0 radical (unpaired) electrons. The van der Waals surface area contributed by atoms with E-state index in [9.17, 15) is 4.79 Å². The third kappa shape index (κ3) is 4.50. The van der Waals surface area contributed by atoms with Gasteiger partial charge >= 0.3 is 5.97 Å². The van der Waals surface area contributed by atoms with Crippen LogP contribution in [0.5, 0.6) is 0 Å². The van der Waals surface area contributed by atoms with Crippen molar-refractivity contribution in [3.63, 3.8) is 0 Å². The number of benzene rings is 1. The molecule has 84 valence electrons. The fourth-order valence-electron chi connectivity index (χ4n) is 1.01. The Hall–Kier alpha value is -1.97. The molecule has 0 aliphatic rings. The number of carbonyl (C=O) groups excluding carboxylic acids is 1. The van der Waals surface area contributed by atoms with Crippen LogP contribution in [0.3, 0.4) is 0 Å². The van der Waals surface area contributed by atoms with Crippen molar-refractivity contribution in [2.45, 2.75) is 13.8 Å². The Balaban J connectivity index is 2.60. The average Bonchev–Trinajstić information content (AvgIpc) is 2.28. The maximum atomic E-state index is 11.1. The van der Waals surface area contributed by atoms with Crippen molar-refractivity contribution in [1.82, 2.24) is 0 Å². The summed E-state index contributed by atoms with van der Waals surface area (Å²) in [5.74, 6) is -0.396. The van der Waals surface area contributed by atoms with Gasteiger partial charge in [0.25, 0.3) is 0 Å². The Kier molecular flexibility index (Phi) is 4.92. The molecule has 0 N–H and O–H groups in total. The summed E-state index contributed by atoms with van der Waals surface area (Å²) in [4.78, 5) is 11.1. The number of hydrogen-bond acceptors (Lipinski definition) is 4. The zero-order valence-electron chi connectivity index (χ0n) is 9.38. The fourth-order valence-corrected chi connectivity index (χ4v) is 1.01. The topological polar surface area (TPSA) is 51.0 Å². The molecule has 0 aliphatic carbocycles. The second kappa shape index (κ2) is 6.50. The molecular formula is C12H14N2O2. The van der Waals surface area contributed by atoms with Crippen LogP contribution in [0.1, 0.15) is 13.8 Å². The zero-order valence-corrected chi connectivity index (χ0v) is 9.38. The number of carbonyl (C=O) groups is 1. The Labute approximate surface area is 94.7 Å². The molecular weight excluding hydrogens is 204 g/mol. The lowest BCUT2D eigenvalue weighted by molar-refractivity contribution is -0.137. The maximum absolute atomic E-state index is 11.1. The first-order valence-corrected chi connectivity index (χ1v) is 5.04. The van der Waals surface area contributed by atoms with E-state index in [1.807, 2.05) is 30.3 Å². The van der Waals surface area contributed by atoms with Crippen LogP contribution in [0, 0.1) is 0 Å². The molecule has 0 fully saturated rings. The van der Waals surface area contributed by atoms with E-state index in [4.69, 9.17) is 4.74 Å². The molecule has 4 heteroatoms. The number of allylic oxidation sites excluding steroid dienone is 1. The first kappa shape index (κ1) is 12.1. The Morgan fingerprint density at radius 2 is 2.06 bits per heavy atom. The fraction of sp³-hybridized carbons (Fsp3) is 0.250. The highest BCUT2D eigenvalue weighted by molar-refractivity contribution is 5.82. The van der Waals surface area contributed by atoms with Crippen LogP contribution in [0.15, 0.2) is 52.3 Å². The molecule has 16 heavy (non-hydrogen) atoms. The summed E-state index contributed by atoms with van der Waals surface area (Å²) < 4.78 is 4.75. The molecule has 0 saturated carbocycles. The summed E-state index contributed by atoms with van der Waals surface area (Å²) in [6.45, 7) is 3.81. The van der Waals surface area contributed by atoms with Crippen molar-refractivity contribution >= 4 is 11.7 Å². The molecule has 1 aromatic carbocycles. The largest absolute Gasteiger partial charge is 0.463 e. The Morgan fingerprint density at radius 3 is 2.69 bits per heavy atom. The van der Waals surface area contributed by atoms with Gasteiger partial charge in [0.15, 0.2) is 0 Å². The predicted molar refractivity (Wildman–Crippen MR) is 61.3 cm³/mol. The van der Waals surface area contributed by atoms with Gasteiger partial charge in [0.1, 0.15) is 0 Å². The summed E-state index contributed by atoms with van der Waals surface area (Å²) in [7, 11) is 0. The molecule has 0 bridgehead atoms. The zero-order chi connectivity index (χ0) is 11.8. The van der Waals surface area contributed by atoms with E-state index >= 15 is 0 Å². The van der Waals surface area contributed by atoms with Gasteiger partial charge in [-0.15, -0.1) is 0 Å². The summed E-state index contributed by atoms with van der Waals surface area (Å²) >= 11 is 0. The lowest BCUT2D eigenvalue weighted by atomic mass is 10.3. The lowest BCUT2D eigenvalue weighted by Crippen LogP contribution is -1.99. The smallest absolute Gasteiger partial charge is 0.332 e. The van der Waals surface area contributed by atoms with E-state index in [0.29, 0.717) is 12.3 Å². The Morgan fingerprint density at radius 1 is 1.38 bits per heavy atom. The van der Waals surface area contributed by atoms with E-state index in [0.717, 1.165) is 5.69 Å². The predicted octanol–water partition coefficient (Wildman–Crippen LogP) is 3.24. The quantitative estimate of drug-likeness (QED) is 0.442. The van der Waals surface area contributed by atoms with E-state index in [-0.39, 0.29) is 0 Å². The van der Waals surface area contributed by atoms with Gasteiger partial charge in [0.05, 0.1) is 18.0 Å². The van der Waals surface area contributed by atoms with Crippen molar-refractivity contribution < 1.29 is 9.53 Å². The minimum atomic E-state index is -0.396. The van der Waals surface area contributed by atoms with E-state index in [2.05, 4.69) is 10.2 Å². The molecule has 0 unspecified atom stereocenters. The normalized spacial score (nSPS) is 11.8. The molecule has 0 saturated heterocycles. The first-order valence-electron chi connectivity index (χ1n) is 5.04. The van der Waals surface area contributed by atoms with E-state index in [1.54, 1.807) is 13.8 Å². The van der Waals surface area contributed by atoms with Gasteiger partial charge in [-0.3, -0.25) is 0 Å². The van der Waals surface area contributed by atoms with Gasteiger partial charge in [0, 0.05) is 6.08 Å². The summed E-state index contributed by atoms with van der Waals surface area (Å²) in [6.07, 6.45) is 1.32. The molecule has 0 aromatic heterocycles. The highest BCUT2D eigenvalue weighted by Gasteiger charge is 1.96. The molecule has 1 aromatic rings. The molecule has 0 spiro atoms. The number of ether oxygens (including phenoxy) is 1. The van der Waals surface area contributed by atoms with Crippen molar-refractivity contribution in [2.24, 2.45) is 10.2 Å². The number of esters is 1. The van der Waals surface area contributed by atoms with E-state index < -0.39 is 5.97 Å². The summed E-state index contributed by atoms with van der Waals surface area (Å²) in [6, 6.07) is 9.32.